The highest BCUT2D eigenvalue weighted by atomic mass is 127. The van der Waals surface area contributed by atoms with Crippen LogP contribution >= 0.6 is 22.6 Å². The van der Waals surface area contributed by atoms with Gasteiger partial charge in [0.1, 0.15) is 5.65 Å². The Hall–Kier alpha value is -1.15. The van der Waals surface area contributed by atoms with Crippen molar-refractivity contribution in [2.24, 2.45) is 11.7 Å². The number of pyridine rings is 1. The predicted octanol–water partition coefficient (Wildman–Crippen LogP) is 1.37. The van der Waals surface area contributed by atoms with Crippen molar-refractivity contribution in [3.05, 3.63) is 27.6 Å². The Morgan fingerprint density at radius 3 is 3.06 bits per heavy atom. The fraction of sp³-hybridized carbons (Fsp3) is 0.273. The van der Waals surface area contributed by atoms with Crippen LogP contribution in [-0.4, -0.2) is 27.6 Å². The van der Waals surface area contributed by atoms with Crippen LogP contribution < -0.4 is 5.73 Å². The Labute approximate surface area is 112 Å². The van der Waals surface area contributed by atoms with Gasteiger partial charge in [0.2, 0.25) is 0 Å². The minimum atomic E-state index is -0.860. The summed E-state index contributed by atoms with van der Waals surface area (Å²) < 4.78 is 1.06. The van der Waals surface area contributed by atoms with Gasteiger partial charge in [-0.3, -0.25) is 4.79 Å². The highest BCUT2D eigenvalue weighted by Gasteiger charge is 2.19. The van der Waals surface area contributed by atoms with Crippen molar-refractivity contribution in [3.8, 4) is 0 Å². The minimum Gasteiger partial charge on any atom is -0.481 e. The molecule has 4 N–H and O–H groups in total. The molecule has 2 heterocycles. The van der Waals surface area contributed by atoms with Crippen LogP contribution in [-0.2, 0) is 11.2 Å². The van der Waals surface area contributed by atoms with E-state index in [1.54, 1.807) is 6.20 Å². The summed E-state index contributed by atoms with van der Waals surface area (Å²) in [6.07, 6.45) is 3.96. The normalized spacial score (nSPS) is 12.8. The van der Waals surface area contributed by atoms with Crippen molar-refractivity contribution in [3.63, 3.8) is 0 Å². The number of hydrogen-bond acceptors (Lipinski definition) is 3. The van der Waals surface area contributed by atoms with Crippen LogP contribution in [0.1, 0.15) is 5.56 Å². The molecule has 5 nitrogen and oxygen atoms in total. The lowest BCUT2D eigenvalue weighted by Crippen LogP contribution is -2.25. The molecule has 1 unspecified atom stereocenters. The number of aromatic amines is 1. The molecule has 0 aliphatic rings. The lowest BCUT2D eigenvalue weighted by Gasteiger charge is -2.08. The third kappa shape index (κ3) is 2.42. The molecule has 2 rings (SSSR count). The summed E-state index contributed by atoms with van der Waals surface area (Å²) in [5, 5.41) is 10.00. The zero-order valence-electron chi connectivity index (χ0n) is 8.98. The van der Waals surface area contributed by atoms with Crippen LogP contribution in [0.15, 0.2) is 18.5 Å². The zero-order chi connectivity index (χ0) is 12.4. The van der Waals surface area contributed by atoms with Gasteiger partial charge in [0, 0.05) is 27.9 Å². The molecular formula is C11H12IN3O2. The Morgan fingerprint density at radius 1 is 1.65 bits per heavy atom. The second-order valence-corrected chi connectivity index (χ2v) is 4.97. The number of carboxylic acid groups (broad SMARTS) is 1. The number of fused-ring (bicyclic) bond motifs is 1. The number of nitrogens with one attached hydrogen (secondary N) is 1. The van der Waals surface area contributed by atoms with Gasteiger partial charge in [-0.2, -0.15) is 0 Å². The van der Waals surface area contributed by atoms with Crippen LogP contribution in [0.4, 0.5) is 0 Å². The van der Waals surface area contributed by atoms with Gasteiger partial charge < -0.3 is 15.8 Å². The fourth-order valence-corrected chi connectivity index (χ4v) is 2.54. The topological polar surface area (TPSA) is 92.0 Å². The van der Waals surface area contributed by atoms with Crippen LogP contribution in [0, 0.1) is 9.49 Å². The molecule has 0 aliphatic carbocycles. The van der Waals surface area contributed by atoms with E-state index in [2.05, 4.69) is 32.6 Å². The van der Waals surface area contributed by atoms with Crippen molar-refractivity contribution >= 4 is 39.6 Å². The summed E-state index contributed by atoms with van der Waals surface area (Å²) in [4.78, 5) is 18.2. The molecule has 0 aromatic carbocycles. The Morgan fingerprint density at radius 2 is 2.41 bits per heavy atom. The van der Waals surface area contributed by atoms with E-state index in [1.807, 2.05) is 12.3 Å². The third-order valence-corrected chi connectivity index (χ3v) is 3.60. The molecule has 0 bridgehead atoms. The van der Waals surface area contributed by atoms with E-state index in [4.69, 9.17) is 10.8 Å². The van der Waals surface area contributed by atoms with Gasteiger partial charge in [0.05, 0.1) is 5.92 Å². The predicted molar refractivity (Wildman–Crippen MR) is 72.7 cm³/mol. The maximum Gasteiger partial charge on any atom is 0.308 e. The third-order valence-electron chi connectivity index (χ3n) is 2.70. The number of hydrogen-bond donors (Lipinski definition) is 3. The summed E-state index contributed by atoms with van der Waals surface area (Å²) in [5.41, 5.74) is 7.20. The van der Waals surface area contributed by atoms with Crippen molar-refractivity contribution in [2.45, 2.75) is 6.42 Å². The van der Waals surface area contributed by atoms with Gasteiger partial charge in [-0.15, -0.1) is 0 Å². The lowest BCUT2D eigenvalue weighted by molar-refractivity contribution is -0.141. The summed E-state index contributed by atoms with van der Waals surface area (Å²) in [6.45, 7) is 0.138. The average molecular weight is 345 g/mol. The average Bonchev–Trinajstić information content (AvgIpc) is 2.70. The number of aliphatic carboxylic acids is 1. The summed E-state index contributed by atoms with van der Waals surface area (Å²) in [7, 11) is 0. The molecule has 0 fully saturated rings. The molecule has 17 heavy (non-hydrogen) atoms. The molecule has 0 saturated carbocycles. The first-order valence-electron chi connectivity index (χ1n) is 5.16. The summed E-state index contributed by atoms with van der Waals surface area (Å²) >= 11 is 2.22. The second-order valence-electron chi connectivity index (χ2n) is 3.81. The van der Waals surface area contributed by atoms with E-state index in [0.29, 0.717) is 6.42 Å². The Bertz CT molecular complexity index is 553. The molecule has 6 heteroatoms. The van der Waals surface area contributed by atoms with Crippen molar-refractivity contribution in [1.29, 1.82) is 0 Å². The van der Waals surface area contributed by atoms with E-state index in [-0.39, 0.29) is 6.54 Å². The first-order valence-corrected chi connectivity index (χ1v) is 6.24. The fourth-order valence-electron chi connectivity index (χ4n) is 1.78. The molecule has 90 valence electrons. The van der Waals surface area contributed by atoms with Gasteiger partial charge in [-0.05, 0) is 40.6 Å². The van der Waals surface area contributed by atoms with Gasteiger partial charge in [-0.25, -0.2) is 4.98 Å². The van der Waals surface area contributed by atoms with E-state index in [1.165, 1.54) is 0 Å². The maximum absolute atomic E-state index is 11.0. The maximum atomic E-state index is 11.0. The second kappa shape index (κ2) is 5.01. The number of nitrogens with zero attached hydrogens (tertiary/aromatic N) is 1. The molecule has 1 atom stereocenters. The van der Waals surface area contributed by atoms with Crippen LogP contribution in [0.5, 0.6) is 0 Å². The van der Waals surface area contributed by atoms with Crippen LogP contribution in [0.2, 0.25) is 0 Å². The molecule has 0 radical (unpaired) electrons. The first kappa shape index (κ1) is 12.3. The standard InChI is InChI=1S/C11H12IN3O2/c12-8-1-2-14-10-9(8)7(5-15-10)3-6(4-13)11(16)17/h1-2,5-6H,3-4,13H2,(H,14,15)(H,16,17). The number of carboxylic acids is 1. The number of aromatic nitrogens is 2. The quantitative estimate of drug-likeness (QED) is 0.730. The largest absolute Gasteiger partial charge is 0.481 e. The minimum absolute atomic E-state index is 0.138. The lowest BCUT2D eigenvalue weighted by atomic mass is 10.00. The van der Waals surface area contributed by atoms with E-state index < -0.39 is 11.9 Å². The molecule has 0 aliphatic heterocycles. The first-order chi connectivity index (χ1) is 8.13. The zero-order valence-corrected chi connectivity index (χ0v) is 11.1. The van der Waals surface area contributed by atoms with Crippen LogP contribution in [0.25, 0.3) is 11.0 Å². The molecule has 2 aromatic rings. The molecule has 0 saturated heterocycles. The molecule has 0 amide bonds. The Balaban J connectivity index is 2.39. The SMILES string of the molecule is NCC(Cc1c[nH]c2nccc(I)c12)C(=O)O. The molecule has 0 spiro atoms. The molecular weight excluding hydrogens is 333 g/mol. The van der Waals surface area contributed by atoms with Crippen molar-refractivity contribution < 1.29 is 9.90 Å². The summed E-state index contributed by atoms with van der Waals surface area (Å²) in [5.74, 6) is -1.41. The summed E-state index contributed by atoms with van der Waals surface area (Å²) in [6, 6.07) is 1.90. The van der Waals surface area contributed by atoms with Gasteiger partial charge in [-0.1, -0.05) is 0 Å². The van der Waals surface area contributed by atoms with Gasteiger partial charge in [0.25, 0.3) is 0 Å². The van der Waals surface area contributed by atoms with Crippen molar-refractivity contribution in [2.75, 3.05) is 6.54 Å². The number of rotatable bonds is 4. The highest BCUT2D eigenvalue weighted by Crippen LogP contribution is 2.24. The number of halogens is 1. The van der Waals surface area contributed by atoms with Crippen LogP contribution in [0.3, 0.4) is 0 Å². The smallest absolute Gasteiger partial charge is 0.308 e. The van der Waals surface area contributed by atoms with Gasteiger partial charge in [0.15, 0.2) is 0 Å². The van der Waals surface area contributed by atoms with E-state index in [9.17, 15) is 4.79 Å². The van der Waals surface area contributed by atoms with Gasteiger partial charge >= 0.3 is 5.97 Å². The number of H-pyrrole nitrogens is 1. The number of nitrogens with two attached hydrogens (primary N) is 1. The Kier molecular flexibility index (Phi) is 3.63. The molecule has 2 aromatic heterocycles. The number of carbonyl (C=O) groups is 1. The monoisotopic (exact) mass is 345 g/mol. The highest BCUT2D eigenvalue weighted by molar-refractivity contribution is 14.1. The van der Waals surface area contributed by atoms with Crippen molar-refractivity contribution in [1.82, 2.24) is 9.97 Å². The van der Waals surface area contributed by atoms with E-state index >= 15 is 0 Å². The van der Waals surface area contributed by atoms with E-state index in [0.717, 1.165) is 20.2 Å².